The van der Waals surface area contributed by atoms with Crippen LogP contribution in [0.25, 0.3) is 0 Å². The Labute approximate surface area is 75.9 Å². The molecule has 13 heavy (non-hydrogen) atoms. The highest BCUT2D eigenvalue weighted by Gasteiger charge is 2.16. The molecule has 1 atom stereocenters. The van der Waals surface area contributed by atoms with Gasteiger partial charge in [-0.15, -0.1) is 0 Å². The van der Waals surface area contributed by atoms with Gasteiger partial charge in [0, 0.05) is 0 Å². The van der Waals surface area contributed by atoms with Crippen LogP contribution in [0, 0.1) is 0 Å². The zero-order valence-electron chi connectivity index (χ0n) is 7.40. The molecule has 1 aromatic rings. The van der Waals surface area contributed by atoms with E-state index in [1.807, 2.05) is 0 Å². The molecule has 5 heteroatoms. The Kier molecular flexibility index (Phi) is 3.45. The van der Waals surface area contributed by atoms with Crippen molar-refractivity contribution in [2.24, 2.45) is 5.73 Å². The Balaban J connectivity index is 2.41. The maximum absolute atomic E-state index is 11.1. The fraction of sp³-hybridized carbons (Fsp3) is 0.500. The molecule has 0 radical (unpaired) electrons. The second kappa shape index (κ2) is 4.61. The smallest absolute Gasteiger partial charge is 0.323 e. The van der Waals surface area contributed by atoms with E-state index in [0.29, 0.717) is 12.5 Å². The molecule has 0 aliphatic rings. The minimum Gasteiger partial charge on any atom is -0.465 e. The number of nitrogens with zero attached hydrogens (tertiary/aromatic N) is 1. The fourth-order valence-electron chi connectivity index (χ4n) is 0.875. The molecule has 1 aromatic heterocycles. The van der Waals surface area contributed by atoms with Crippen molar-refractivity contribution < 1.29 is 13.9 Å². The van der Waals surface area contributed by atoms with Crippen LogP contribution in [0.15, 0.2) is 16.9 Å². The topological polar surface area (TPSA) is 78.4 Å². The Morgan fingerprint density at radius 2 is 2.62 bits per heavy atom. The number of hydrogen-bond acceptors (Lipinski definition) is 5. The Morgan fingerprint density at radius 3 is 3.15 bits per heavy atom. The number of aromatic nitrogens is 1. The van der Waals surface area contributed by atoms with E-state index in [9.17, 15) is 4.79 Å². The number of carbonyl (C=O) groups is 1. The zero-order chi connectivity index (χ0) is 9.68. The molecule has 0 spiro atoms. The lowest BCUT2D eigenvalue weighted by molar-refractivity contribution is -0.144. The molecule has 0 aromatic carbocycles. The first-order chi connectivity index (χ1) is 6.24. The van der Waals surface area contributed by atoms with Gasteiger partial charge in [0.1, 0.15) is 12.3 Å². The van der Waals surface area contributed by atoms with Gasteiger partial charge in [0.2, 0.25) is 0 Å². The summed E-state index contributed by atoms with van der Waals surface area (Å²) in [4.78, 5) is 14.9. The van der Waals surface area contributed by atoms with Crippen LogP contribution in [-0.2, 0) is 16.0 Å². The Bertz CT molecular complexity index is 258. The average molecular weight is 184 g/mol. The second-order valence-corrected chi connectivity index (χ2v) is 2.49. The predicted octanol–water partition coefficient (Wildman–Crippen LogP) is 0.107. The SMILES string of the molecule is CCOC(=O)C(N)Cc1ncco1. The number of ether oxygens (including phenoxy) is 1. The molecule has 0 saturated carbocycles. The van der Waals surface area contributed by atoms with Crippen LogP contribution in [0.2, 0.25) is 0 Å². The predicted molar refractivity (Wildman–Crippen MR) is 44.8 cm³/mol. The van der Waals surface area contributed by atoms with E-state index in [1.54, 1.807) is 6.92 Å². The monoisotopic (exact) mass is 184 g/mol. The summed E-state index contributed by atoms with van der Waals surface area (Å²) in [5.41, 5.74) is 5.52. The average Bonchev–Trinajstić information content (AvgIpc) is 2.57. The summed E-state index contributed by atoms with van der Waals surface area (Å²) in [7, 11) is 0. The molecular weight excluding hydrogens is 172 g/mol. The minimum absolute atomic E-state index is 0.270. The summed E-state index contributed by atoms with van der Waals surface area (Å²) in [5, 5.41) is 0. The lowest BCUT2D eigenvalue weighted by atomic mass is 10.2. The molecule has 1 rings (SSSR count). The van der Waals surface area contributed by atoms with E-state index in [2.05, 4.69) is 4.98 Å². The molecule has 0 amide bonds. The molecule has 5 nitrogen and oxygen atoms in total. The highest BCUT2D eigenvalue weighted by atomic mass is 16.5. The maximum atomic E-state index is 11.1. The lowest BCUT2D eigenvalue weighted by Crippen LogP contribution is -2.34. The van der Waals surface area contributed by atoms with E-state index < -0.39 is 12.0 Å². The molecule has 1 heterocycles. The highest BCUT2D eigenvalue weighted by Crippen LogP contribution is 1.99. The van der Waals surface area contributed by atoms with Crippen molar-refractivity contribution in [3.63, 3.8) is 0 Å². The summed E-state index contributed by atoms with van der Waals surface area (Å²) in [6.07, 6.45) is 3.21. The quantitative estimate of drug-likeness (QED) is 0.672. The first kappa shape index (κ1) is 9.73. The third-order valence-corrected chi connectivity index (χ3v) is 1.47. The van der Waals surface area contributed by atoms with E-state index in [-0.39, 0.29) is 6.42 Å². The lowest BCUT2D eigenvalue weighted by Gasteiger charge is -2.07. The van der Waals surface area contributed by atoms with Gasteiger partial charge >= 0.3 is 5.97 Å². The van der Waals surface area contributed by atoms with Gasteiger partial charge in [-0.25, -0.2) is 4.98 Å². The fourth-order valence-corrected chi connectivity index (χ4v) is 0.875. The molecule has 0 aliphatic heterocycles. The van der Waals surface area contributed by atoms with Crippen molar-refractivity contribution in [3.8, 4) is 0 Å². The van der Waals surface area contributed by atoms with Gasteiger partial charge in [-0.1, -0.05) is 0 Å². The molecule has 1 unspecified atom stereocenters. The number of carbonyl (C=O) groups excluding carboxylic acids is 1. The van der Waals surface area contributed by atoms with E-state index in [0.717, 1.165) is 0 Å². The van der Waals surface area contributed by atoms with Crippen molar-refractivity contribution in [2.75, 3.05) is 6.61 Å². The normalized spacial score (nSPS) is 12.5. The summed E-state index contributed by atoms with van der Waals surface area (Å²) >= 11 is 0. The van der Waals surface area contributed by atoms with Crippen LogP contribution >= 0.6 is 0 Å². The van der Waals surface area contributed by atoms with Gasteiger partial charge in [0.15, 0.2) is 5.89 Å². The largest absolute Gasteiger partial charge is 0.465 e. The number of hydrogen-bond donors (Lipinski definition) is 1. The van der Waals surface area contributed by atoms with Gasteiger partial charge in [-0.05, 0) is 6.92 Å². The number of oxazole rings is 1. The minimum atomic E-state index is -0.696. The van der Waals surface area contributed by atoms with Crippen LogP contribution in [0.1, 0.15) is 12.8 Å². The van der Waals surface area contributed by atoms with Gasteiger partial charge in [-0.2, -0.15) is 0 Å². The third-order valence-electron chi connectivity index (χ3n) is 1.47. The van der Waals surface area contributed by atoms with E-state index in [1.165, 1.54) is 12.5 Å². The first-order valence-electron chi connectivity index (χ1n) is 4.04. The van der Waals surface area contributed by atoms with Gasteiger partial charge in [0.25, 0.3) is 0 Å². The van der Waals surface area contributed by atoms with Crippen molar-refractivity contribution in [3.05, 3.63) is 18.4 Å². The second-order valence-electron chi connectivity index (χ2n) is 2.49. The number of nitrogens with two attached hydrogens (primary N) is 1. The Hall–Kier alpha value is -1.36. The van der Waals surface area contributed by atoms with Crippen molar-refractivity contribution in [1.29, 1.82) is 0 Å². The van der Waals surface area contributed by atoms with Crippen molar-refractivity contribution >= 4 is 5.97 Å². The molecular formula is C8H12N2O3. The third kappa shape index (κ3) is 2.87. The Morgan fingerprint density at radius 1 is 1.85 bits per heavy atom. The summed E-state index contributed by atoms with van der Waals surface area (Å²) in [6, 6.07) is -0.696. The molecule has 72 valence electrons. The summed E-state index contributed by atoms with van der Waals surface area (Å²) < 4.78 is 9.65. The molecule has 0 saturated heterocycles. The van der Waals surface area contributed by atoms with Gasteiger partial charge < -0.3 is 14.9 Å². The number of rotatable bonds is 4. The van der Waals surface area contributed by atoms with Crippen LogP contribution in [0.3, 0.4) is 0 Å². The van der Waals surface area contributed by atoms with E-state index >= 15 is 0 Å². The van der Waals surface area contributed by atoms with Crippen molar-refractivity contribution in [2.45, 2.75) is 19.4 Å². The van der Waals surface area contributed by atoms with Gasteiger partial charge in [0.05, 0.1) is 19.2 Å². The summed E-state index contributed by atoms with van der Waals surface area (Å²) in [6.45, 7) is 2.06. The van der Waals surface area contributed by atoms with Gasteiger partial charge in [-0.3, -0.25) is 4.79 Å². The van der Waals surface area contributed by atoms with Crippen molar-refractivity contribution in [1.82, 2.24) is 4.98 Å². The standard InChI is InChI=1S/C8H12N2O3/c1-2-12-8(11)6(9)5-7-10-3-4-13-7/h3-4,6H,2,5,9H2,1H3. The van der Waals surface area contributed by atoms with Crippen LogP contribution < -0.4 is 5.73 Å². The highest BCUT2D eigenvalue weighted by molar-refractivity contribution is 5.75. The number of esters is 1. The van der Waals surface area contributed by atoms with E-state index in [4.69, 9.17) is 14.9 Å². The van der Waals surface area contributed by atoms with Crippen LogP contribution in [-0.4, -0.2) is 23.6 Å². The summed E-state index contributed by atoms with van der Waals surface area (Å²) in [5.74, 6) is 0.0150. The molecule has 0 bridgehead atoms. The zero-order valence-corrected chi connectivity index (χ0v) is 7.40. The molecule has 2 N–H and O–H groups in total. The maximum Gasteiger partial charge on any atom is 0.323 e. The first-order valence-corrected chi connectivity index (χ1v) is 4.04. The molecule has 0 aliphatic carbocycles. The molecule has 0 fully saturated rings. The van der Waals surface area contributed by atoms with Crippen LogP contribution in [0.5, 0.6) is 0 Å². The van der Waals surface area contributed by atoms with Crippen LogP contribution in [0.4, 0.5) is 0 Å².